The number of nitrogens with zero attached hydrogens (tertiary/aromatic N) is 2. The van der Waals surface area contributed by atoms with Crippen molar-refractivity contribution in [3.8, 4) is 17.4 Å². The number of aromatic hydroxyl groups is 1. The predicted molar refractivity (Wildman–Crippen MR) is 127 cm³/mol. The summed E-state index contributed by atoms with van der Waals surface area (Å²) < 4.78 is 5.74. The number of para-hydroxylation sites is 1. The number of amides is 1. The van der Waals surface area contributed by atoms with Crippen LogP contribution in [0.1, 0.15) is 38.2 Å². The van der Waals surface area contributed by atoms with Crippen LogP contribution in [-0.2, 0) is 4.79 Å². The fourth-order valence-corrected chi connectivity index (χ4v) is 3.48. The number of pyridine rings is 1. The zero-order chi connectivity index (χ0) is 22.8. The van der Waals surface area contributed by atoms with Crippen molar-refractivity contribution in [2.45, 2.75) is 32.6 Å². The fraction of sp³-hybridized carbons (Fsp3) is 0.308. The molecule has 1 aromatic heterocycles. The van der Waals surface area contributed by atoms with Gasteiger partial charge in [0.05, 0.1) is 5.92 Å². The number of carbonyl (C=O) groups is 1. The third kappa shape index (κ3) is 6.74. The van der Waals surface area contributed by atoms with Crippen LogP contribution in [0.3, 0.4) is 0 Å². The van der Waals surface area contributed by atoms with Crippen LogP contribution in [0, 0.1) is 0 Å². The fourth-order valence-electron chi connectivity index (χ4n) is 3.48. The van der Waals surface area contributed by atoms with Gasteiger partial charge in [-0.15, -0.1) is 0 Å². The van der Waals surface area contributed by atoms with Gasteiger partial charge in [0.25, 0.3) is 0 Å². The molecule has 6 nitrogen and oxygen atoms in total. The van der Waals surface area contributed by atoms with Gasteiger partial charge in [-0.25, -0.2) is 4.98 Å². The summed E-state index contributed by atoms with van der Waals surface area (Å²) in [6.07, 6.45) is 4.36. The summed E-state index contributed by atoms with van der Waals surface area (Å²) in [4.78, 5) is 18.1. The first kappa shape index (κ1) is 23.1. The van der Waals surface area contributed by atoms with E-state index in [2.05, 4.69) is 15.2 Å². The number of carbonyl (C=O) groups excluding carboxylic acids is 1. The molecule has 4 rings (SSSR count). The first-order valence-corrected chi connectivity index (χ1v) is 11.1. The average molecular weight is 434 g/mol. The quantitative estimate of drug-likeness (QED) is 0.565. The normalized spacial score (nSPS) is 13.6. The highest BCUT2D eigenvalue weighted by atomic mass is 16.5. The van der Waals surface area contributed by atoms with Crippen LogP contribution in [0.2, 0.25) is 0 Å². The summed E-state index contributed by atoms with van der Waals surface area (Å²) in [6, 6.07) is 20.5. The molecule has 1 fully saturated rings. The van der Waals surface area contributed by atoms with E-state index in [-0.39, 0.29) is 17.6 Å². The molecule has 2 aromatic carbocycles. The van der Waals surface area contributed by atoms with Crippen molar-refractivity contribution in [3.63, 3.8) is 0 Å². The number of ether oxygens (including phenoxy) is 1. The van der Waals surface area contributed by atoms with Gasteiger partial charge in [0.2, 0.25) is 11.8 Å². The molecule has 1 aliphatic heterocycles. The van der Waals surface area contributed by atoms with Gasteiger partial charge < -0.3 is 20.1 Å². The van der Waals surface area contributed by atoms with Crippen LogP contribution in [-0.4, -0.2) is 35.6 Å². The summed E-state index contributed by atoms with van der Waals surface area (Å²) in [5.41, 5.74) is 2.11. The van der Waals surface area contributed by atoms with Crippen LogP contribution in [0.5, 0.6) is 17.4 Å². The second-order valence-electron chi connectivity index (χ2n) is 7.67. The van der Waals surface area contributed by atoms with Crippen LogP contribution in [0.15, 0.2) is 72.9 Å². The van der Waals surface area contributed by atoms with Gasteiger partial charge in [-0.2, -0.15) is 0 Å². The summed E-state index contributed by atoms with van der Waals surface area (Å²) in [6.45, 7) is 6.64. The maximum Gasteiger partial charge on any atom is 0.227 e. The number of benzene rings is 2. The van der Waals surface area contributed by atoms with Crippen LogP contribution in [0.25, 0.3) is 0 Å². The Labute approximate surface area is 189 Å². The Balaban J connectivity index is 0.000000188. The predicted octanol–water partition coefficient (Wildman–Crippen LogP) is 5.11. The van der Waals surface area contributed by atoms with Gasteiger partial charge >= 0.3 is 0 Å². The molecule has 1 saturated heterocycles. The molecule has 32 heavy (non-hydrogen) atoms. The molecule has 6 heteroatoms. The second-order valence-corrected chi connectivity index (χ2v) is 7.67. The van der Waals surface area contributed by atoms with E-state index in [1.807, 2.05) is 62.5 Å². The van der Waals surface area contributed by atoms with Crippen molar-refractivity contribution in [2.75, 3.05) is 24.5 Å². The second kappa shape index (κ2) is 11.7. The highest BCUT2D eigenvalue weighted by Gasteiger charge is 2.14. The first-order valence-electron chi connectivity index (χ1n) is 11.1. The lowest BCUT2D eigenvalue weighted by Crippen LogP contribution is -2.27. The van der Waals surface area contributed by atoms with Crippen LogP contribution >= 0.6 is 0 Å². The smallest absolute Gasteiger partial charge is 0.227 e. The van der Waals surface area contributed by atoms with E-state index in [9.17, 15) is 4.79 Å². The van der Waals surface area contributed by atoms with Gasteiger partial charge in [0.1, 0.15) is 11.5 Å². The summed E-state index contributed by atoms with van der Waals surface area (Å²) in [7, 11) is 0. The van der Waals surface area contributed by atoms with E-state index in [1.54, 1.807) is 24.3 Å². The minimum atomic E-state index is -0.171. The molecular weight excluding hydrogens is 402 g/mol. The Morgan fingerprint density at radius 3 is 2.44 bits per heavy atom. The Morgan fingerprint density at radius 2 is 1.78 bits per heavy atom. The molecule has 0 saturated carbocycles. The van der Waals surface area contributed by atoms with Crippen LogP contribution < -0.4 is 15.0 Å². The maximum absolute atomic E-state index is 11.5. The van der Waals surface area contributed by atoms with E-state index < -0.39 is 0 Å². The zero-order valence-electron chi connectivity index (χ0n) is 18.7. The topological polar surface area (TPSA) is 74.7 Å². The Kier molecular flexibility index (Phi) is 8.49. The van der Waals surface area contributed by atoms with Gasteiger partial charge in [-0.3, -0.25) is 4.79 Å². The summed E-state index contributed by atoms with van der Waals surface area (Å²) in [5.74, 6) is 1.54. The van der Waals surface area contributed by atoms with E-state index in [4.69, 9.17) is 9.84 Å². The highest BCUT2D eigenvalue weighted by molar-refractivity contribution is 5.83. The van der Waals surface area contributed by atoms with Crippen molar-refractivity contribution < 1.29 is 14.6 Å². The maximum atomic E-state index is 11.5. The van der Waals surface area contributed by atoms with Gasteiger partial charge in [-0.05, 0) is 62.6 Å². The first-order chi connectivity index (χ1) is 15.6. The standard InChI is InChI=1S/C15H16N2O.C11H15NO2/c1-2-6-14(7-3-1)18-15-12-13(8-9-16-15)17-10-4-5-11-17;1-3-12-11(14)8(2)9-4-6-10(13)7-5-9/h1-3,6-9,12H,4-5,10-11H2;4-8,13H,3H2,1-2H3,(H,12,14). The number of anilines is 1. The molecule has 2 N–H and O–H groups in total. The van der Waals surface area contributed by atoms with E-state index >= 15 is 0 Å². The van der Waals surface area contributed by atoms with Gasteiger partial charge in [0.15, 0.2) is 0 Å². The number of rotatable bonds is 6. The molecule has 3 aromatic rings. The zero-order valence-corrected chi connectivity index (χ0v) is 18.7. The van der Waals surface area contributed by atoms with Crippen molar-refractivity contribution >= 4 is 11.6 Å². The molecular formula is C26H31N3O3. The molecule has 1 aliphatic rings. The number of likely N-dealkylation sites (N-methyl/N-ethyl adjacent to an activating group) is 1. The molecule has 168 valence electrons. The van der Waals surface area contributed by atoms with E-state index in [0.717, 1.165) is 24.4 Å². The van der Waals surface area contributed by atoms with Crippen molar-refractivity contribution in [3.05, 3.63) is 78.5 Å². The Hall–Kier alpha value is -3.54. The minimum Gasteiger partial charge on any atom is -0.508 e. The van der Waals surface area contributed by atoms with Gasteiger partial charge in [-0.1, -0.05) is 30.3 Å². The lowest BCUT2D eigenvalue weighted by molar-refractivity contribution is -0.122. The average Bonchev–Trinajstić information content (AvgIpc) is 3.36. The lowest BCUT2D eigenvalue weighted by Gasteiger charge is -2.17. The van der Waals surface area contributed by atoms with Crippen molar-refractivity contribution in [2.24, 2.45) is 0 Å². The Bertz CT molecular complexity index is 971. The lowest BCUT2D eigenvalue weighted by atomic mass is 10.0. The number of hydrogen-bond acceptors (Lipinski definition) is 5. The number of nitrogens with one attached hydrogen (secondary N) is 1. The SMILES string of the molecule is CCNC(=O)C(C)c1ccc(O)cc1.c1ccc(Oc2cc(N3CCCC3)ccn2)cc1. The number of phenolic OH excluding ortho intramolecular Hbond substituents is 1. The molecule has 1 amide bonds. The Morgan fingerprint density at radius 1 is 1.09 bits per heavy atom. The molecule has 0 bridgehead atoms. The highest BCUT2D eigenvalue weighted by Crippen LogP contribution is 2.25. The van der Waals surface area contributed by atoms with Crippen molar-refractivity contribution in [1.29, 1.82) is 0 Å². The molecule has 0 spiro atoms. The third-order valence-corrected chi connectivity index (χ3v) is 5.29. The summed E-state index contributed by atoms with van der Waals surface area (Å²) >= 11 is 0. The minimum absolute atomic E-state index is 0.0122. The molecule has 1 atom stereocenters. The van der Waals surface area contributed by atoms with E-state index in [0.29, 0.717) is 12.4 Å². The van der Waals surface area contributed by atoms with Crippen molar-refractivity contribution in [1.82, 2.24) is 10.3 Å². The largest absolute Gasteiger partial charge is 0.508 e. The number of hydrogen-bond donors (Lipinski definition) is 2. The van der Waals surface area contributed by atoms with Crippen LogP contribution in [0.4, 0.5) is 5.69 Å². The molecule has 1 unspecified atom stereocenters. The van der Waals surface area contributed by atoms with E-state index in [1.165, 1.54) is 18.5 Å². The molecule has 0 radical (unpaired) electrons. The molecule has 0 aliphatic carbocycles. The monoisotopic (exact) mass is 433 g/mol. The van der Waals surface area contributed by atoms with Gasteiger partial charge in [0, 0.05) is 37.6 Å². The molecule has 2 heterocycles. The summed E-state index contributed by atoms with van der Waals surface area (Å²) in [5, 5.41) is 11.8. The third-order valence-electron chi connectivity index (χ3n) is 5.29. The number of aromatic nitrogens is 1. The number of phenols is 1.